The molecule has 2 fully saturated rings. The second-order valence-corrected chi connectivity index (χ2v) is 13.7. The van der Waals surface area contributed by atoms with Crippen LogP contribution in [0.5, 0.6) is 0 Å². The van der Waals surface area contributed by atoms with E-state index in [2.05, 4.69) is 31.2 Å². The first kappa shape index (κ1) is 36.4. The number of nitrogens with two attached hydrogens (primary N) is 2. The Morgan fingerprint density at radius 1 is 0.796 bits per heavy atom. The van der Waals surface area contributed by atoms with Crippen LogP contribution in [-0.2, 0) is 27.6 Å². The number of aliphatic hydroxyl groups excluding tert-OH is 2. The molecule has 2 amide bonds. The van der Waals surface area contributed by atoms with Gasteiger partial charge in [0.25, 0.3) is 11.8 Å². The summed E-state index contributed by atoms with van der Waals surface area (Å²) in [6.45, 7) is -1.47. The number of hydrogen-bond acceptors (Lipinski definition) is 22. The number of aromatic nitrogens is 4. The molecule has 6 rings (SSSR count). The number of carbonyl (C=O) groups excluding carboxylic acids is 2. The van der Waals surface area contributed by atoms with Crippen LogP contribution in [0.15, 0.2) is 12.7 Å². The average molecular weight is 761 g/mol. The molecule has 29 heteroatoms. The van der Waals surface area contributed by atoms with E-state index >= 15 is 0 Å². The van der Waals surface area contributed by atoms with Crippen LogP contribution < -0.4 is 32.7 Å². The fraction of sp³-hybridized carbons (Fsp3) is 0.600. The molecule has 272 valence electrons. The molecule has 26 nitrogen and oxygen atoms in total. The molecule has 0 saturated carbocycles. The van der Waals surface area contributed by atoms with Gasteiger partial charge in [-0.1, -0.05) is 0 Å². The lowest BCUT2D eigenvalue weighted by atomic mass is 10.1. The van der Waals surface area contributed by atoms with Gasteiger partial charge in [-0.05, 0) is 0 Å². The lowest BCUT2D eigenvalue weighted by Gasteiger charge is -2.26. The maximum Gasteiger partial charge on any atom is 0.570 e. The van der Waals surface area contributed by atoms with E-state index in [9.17, 15) is 49.2 Å². The van der Waals surface area contributed by atoms with Crippen LogP contribution in [0.3, 0.4) is 0 Å². The Bertz CT molecular complexity index is 1540. The van der Waals surface area contributed by atoms with Gasteiger partial charge in [-0.25, -0.2) is 9.97 Å². The number of nitrogens with one attached hydrogen (secondary N) is 4. The van der Waals surface area contributed by atoms with Gasteiger partial charge >= 0.3 is 25.4 Å². The molecule has 4 aliphatic heterocycles. The Hall–Kier alpha value is -2.39. The Morgan fingerprint density at radius 3 is 1.78 bits per heavy atom. The van der Waals surface area contributed by atoms with E-state index in [1.54, 1.807) is 0 Å². The fourth-order valence-corrected chi connectivity index (χ4v) is 7.29. The highest BCUT2D eigenvalue weighted by Gasteiger charge is 2.57. The van der Waals surface area contributed by atoms with Crippen molar-refractivity contribution in [2.45, 2.75) is 61.7 Å². The Labute approximate surface area is 276 Å². The molecule has 0 aromatic carbocycles. The summed E-state index contributed by atoms with van der Waals surface area (Å²) in [4.78, 5) is 91.8. The Kier molecular flexibility index (Phi) is 10.6. The lowest BCUT2D eigenvalue weighted by molar-refractivity contribution is -0.0621. The molecule has 49 heavy (non-hydrogen) atoms. The second kappa shape index (κ2) is 14.3. The average Bonchev–Trinajstić information content (AvgIpc) is 3.76. The molecular formula is C20H32N10O16P3+. The maximum atomic E-state index is 12.3. The lowest BCUT2D eigenvalue weighted by Crippen LogP contribution is -2.51. The number of rotatable bonds is 12. The fourth-order valence-electron chi connectivity index (χ4n) is 5.55. The van der Waals surface area contributed by atoms with Gasteiger partial charge in [-0.15, -0.1) is 4.52 Å². The topological polar surface area (TPSA) is 387 Å². The van der Waals surface area contributed by atoms with Crippen molar-refractivity contribution in [1.82, 2.24) is 29.7 Å². The van der Waals surface area contributed by atoms with Gasteiger partial charge in [0.1, 0.15) is 48.8 Å². The number of nitrogens with zero attached hydrogens (tertiary/aromatic N) is 4. The molecule has 2 unspecified atom stereocenters. The number of carbonyl (C=O) groups is 2. The normalized spacial score (nSPS) is 32.9. The minimum absolute atomic E-state index is 0.0414. The second-order valence-electron chi connectivity index (χ2n) is 10.7. The highest BCUT2D eigenvalue weighted by molar-refractivity contribution is 7.54. The number of aliphatic hydroxyl groups is 2. The summed E-state index contributed by atoms with van der Waals surface area (Å²) in [6, 6.07) is 0. The molecule has 0 radical (unpaired) electrons. The van der Waals surface area contributed by atoms with E-state index in [-0.39, 0.29) is 23.0 Å². The SMILES string of the molecule is NC1NC(=O)c2ncn([C@@H]3O[C@H](CO[P+](O)(O)O[C@H]4[C@@H](O)[C@H](n5cnc6c5NC(N)NC6=O)O[C@@H]4COP(O)O)[C@@H](OP(O)O)[C@H]3O)c2N1. The zero-order valence-electron chi connectivity index (χ0n) is 24.5. The standard InChI is InChI=1S/C20H31N10O16P3/c21-19-25-13-7(15(33)27-19)23-3-29(13)17-9(31)11(45-48(37)38)6(44-17)2-42-49(39,40)46-12-5(1-41-47(35)36)43-18(10(12)32)30-4-24-8-14(30)26-20(22)28-16(8)34/h3-6,9-12,17-20,31-32,35-40H,1-2,21-22H2,(H3-,25,26,27,28,33,34)/p+1/t5-,6-,9-,10-,11-,12-,17-,18-,19?,20?/m1/s1. The van der Waals surface area contributed by atoms with E-state index in [0.717, 1.165) is 12.7 Å². The van der Waals surface area contributed by atoms with Crippen molar-refractivity contribution in [2.24, 2.45) is 11.5 Å². The van der Waals surface area contributed by atoms with Gasteiger partial charge in [0, 0.05) is 0 Å². The van der Waals surface area contributed by atoms with Crippen LogP contribution >= 0.6 is 25.4 Å². The van der Waals surface area contributed by atoms with Crippen LogP contribution in [0, 0.1) is 0 Å². The van der Waals surface area contributed by atoms with Crippen molar-refractivity contribution in [3.05, 3.63) is 24.0 Å². The largest absolute Gasteiger partial charge is 0.570 e. The Morgan fingerprint density at radius 2 is 1.29 bits per heavy atom. The van der Waals surface area contributed by atoms with Crippen LogP contribution in [0.25, 0.3) is 0 Å². The Balaban J connectivity index is 1.18. The summed E-state index contributed by atoms with van der Waals surface area (Å²) in [5, 5.41) is 32.5. The zero-order chi connectivity index (χ0) is 35.4. The summed E-state index contributed by atoms with van der Waals surface area (Å²) < 4.78 is 34.4. The highest BCUT2D eigenvalue weighted by atomic mass is 31.2. The summed E-state index contributed by atoms with van der Waals surface area (Å²) in [6.07, 6.45) is -12.1. The minimum Gasteiger partial charge on any atom is -0.386 e. The van der Waals surface area contributed by atoms with E-state index < -0.39 is 112 Å². The molecule has 2 aromatic rings. The molecule has 0 bridgehead atoms. The molecule has 0 spiro atoms. The number of hydrogen-bond donors (Lipinski definition) is 14. The minimum atomic E-state index is -4.99. The third kappa shape index (κ3) is 7.49. The van der Waals surface area contributed by atoms with Crippen molar-refractivity contribution >= 4 is 48.8 Å². The first-order valence-electron chi connectivity index (χ1n) is 13.9. The van der Waals surface area contributed by atoms with Crippen molar-refractivity contribution in [3.63, 3.8) is 0 Å². The predicted molar refractivity (Wildman–Crippen MR) is 158 cm³/mol. The van der Waals surface area contributed by atoms with Crippen LogP contribution in [0.4, 0.5) is 11.6 Å². The van der Waals surface area contributed by atoms with E-state index in [0.29, 0.717) is 0 Å². The van der Waals surface area contributed by atoms with Crippen LogP contribution in [0.1, 0.15) is 33.4 Å². The molecule has 4 aliphatic rings. The molecule has 0 aliphatic carbocycles. The van der Waals surface area contributed by atoms with Gasteiger partial charge in [0.05, 0.1) is 19.3 Å². The number of imidazole rings is 2. The van der Waals surface area contributed by atoms with Gasteiger partial charge < -0.3 is 69.6 Å². The van der Waals surface area contributed by atoms with Crippen molar-refractivity contribution in [2.75, 3.05) is 23.8 Å². The molecule has 16 N–H and O–H groups in total. The molecule has 2 aromatic heterocycles. The summed E-state index contributed by atoms with van der Waals surface area (Å²) >= 11 is 0. The quantitative estimate of drug-likeness (QED) is 0.0900. The van der Waals surface area contributed by atoms with Crippen LogP contribution in [0.2, 0.25) is 0 Å². The monoisotopic (exact) mass is 761 g/mol. The van der Waals surface area contributed by atoms with E-state index in [1.165, 1.54) is 9.13 Å². The van der Waals surface area contributed by atoms with Crippen molar-refractivity contribution in [3.8, 4) is 0 Å². The smallest absolute Gasteiger partial charge is 0.386 e. The van der Waals surface area contributed by atoms with Crippen molar-refractivity contribution < 1.29 is 76.7 Å². The molecule has 2 saturated heterocycles. The van der Waals surface area contributed by atoms with E-state index in [4.69, 9.17) is 39.0 Å². The summed E-state index contributed by atoms with van der Waals surface area (Å²) in [7, 11) is -11.0. The first-order chi connectivity index (χ1) is 23.1. The van der Waals surface area contributed by atoms with Gasteiger partial charge in [0.15, 0.2) is 42.5 Å². The third-order valence-electron chi connectivity index (χ3n) is 7.58. The summed E-state index contributed by atoms with van der Waals surface area (Å²) in [5.41, 5.74) is 11.4. The number of ether oxygens (including phenoxy) is 2. The van der Waals surface area contributed by atoms with E-state index in [1.807, 2.05) is 0 Å². The summed E-state index contributed by atoms with van der Waals surface area (Å²) in [5.74, 6) is -1.17. The van der Waals surface area contributed by atoms with Gasteiger partial charge in [0.2, 0.25) is 0 Å². The molecular weight excluding hydrogens is 729 g/mol. The number of amides is 2. The maximum absolute atomic E-state index is 12.3. The predicted octanol–water partition coefficient (Wildman–Crippen LogP) is -5.02. The number of anilines is 2. The molecule has 10 atom stereocenters. The van der Waals surface area contributed by atoms with Gasteiger partial charge in [-0.3, -0.25) is 30.2 Å². The van der Waals surface area contributed by atoms with Crippen LogP contribution in [-0.4, -0.2) is 133 Å². The third-order valence-corrected chi connectivity index (χ3v) is 9.39. The van der Waals surface area contributed by atoms with Crippen molar-refractivity contribution in [1.29, 1.82) is 0 Å². The number of fused-ring (bicyclic) bond motifs is 2. The first-order valence-corrected chi connectivity index (χ1v) is 17.8. The van der Waals surface area contributed by atoms with Gasteiger partial charge in [-0.2, -0.15) is 14.3 Å². The molecule has 6 heterocycles. The zero-order valence-corrected chi connectivity index (χ0v) is 27.2. The highest BCUT2D eigenvalue weighted by Crippen LogP contribution is 2.57.